The molecule has 1 amide bonds. The van der Waals surface area contributed by atoms with Crippen LogP contribution in [0, 0.1) is 0 Å². The summed E-state index contributed by atoms with van der Waals surface area (Å²) in [5, 5.41) is 9.39. The predicted molar refractivity (Wildman–Crippen MR) is 120 cm³/mol. The minimum atomic E-state index is -4.70. The standard InChI is InChI=1S/C21H28F3N7O2/c1-20(2,29-19(33)15(27-4)8-13(10-25)11-26-3)12-31-16(9-17(30-31)21(22,23)24)14-6-5-7-28-18(14)32/h5-7,9-11,15,27H,8,12,25H2,1-4H3,(H,28,32)(H,29,33)/b13-10-,26-11?/t15-/m1/s1. The zero-order chi connectivity index (χ0) is 24.8. The maximum atomic E-state index is 13.3. The number of hydrogen-bond donors (Lipinski definition) is 4. The number of nitrogens with zero attached hydrogens (tertiary/aromatic N) is 3. The second kappa shape index (κ2) is 10.5. The number of aromatic amines is 1. The first kappa shape index (κ1) is 25.8. The van der Waals surface area contributed by atoms with E-state index < -0.39 is 29.0 Å². The van der Waals surface area contributed by atoms with Gasteiger partial charge in [0, 0.05) is 19.5 Å². The molecule has 0 aliphatic rings. The zero-order valence-electron chi connectivity index (χ0n) is 18.8. The van der Waals surface area contributed by atoms with Gasteiger partial charge in [-0.2, -0.15) is 18.3 Å². The van der Waals surface area contributed by atoms with Gasteiger partial charge in [0.15, 0.2) is 5.69 Å². The van der Waals surface area contributed by atoms with Crippen molar-refractivity contribution >= 4 is 12.1 Å². The molecule has 0 aliphatic heterocycles. The number of alkyl halides is 3. The van der Waals surface area contributed by atoms with Crippen molar-refractivity contribution in [3.63, 3.8) is 0 Å². The molecule has 0 bridgehead atoms. The van der Waals surface area contributed by atoms with Crippen LogP contribution in [-0.4, -0.2) is 52.6 Å². The second-order valence-electron chi connectivity index (χ2n) is 8.03. The molecular formula is C21H28F3N7O2. The number of carbonyl (C=O) groups excluding carboxylic acids is 1. The summed E-state index contributed by atoms with van der Waals surface area (Å²) in [5.41, 5.74) is 3.53. The van der Waals surface area contributed by atoms with Crippen LogP contribution in [0.25, 0.3) is 11.3 Å². The lowest BCUT2D eigenvalue weighted by Gasteiger charge is -2.29. The number of carbonyl (C=O) groups is 1. The predicted octanol–water partition coefficient (Wildman–Crippen LogP) is 1.67. The van der Waals surface area contributed by atoms with E-state index in [-0.39, 0.29) is 30.1 Å². The quantitative estimate of drug-likeness (QED) is 0.417. The average Bonchev–Trinajstić information content (AvgIpc) is 3.14. The molecule has 2 aromatic rings. The van der Waals surface area contributed by atoms with E-state index in [9.17, 15) is 22.8 Å². The van der Waals surface area contributed by atoms with Gasteiger partial charge in [0.1, 0.15) is 0 Å². The van der Waals surface area contributed by atoms with Gasteiger partial charge in [0.2, 0.25) is 5.91 Å². The van der Waals surface area contributed by atoms with Crippen molar-refractivity contribution in [2.75, 3.05) is 14.1 Å². The summed E-state index contributed by atoms with van der Waals surface area (Å²) >= 11 is 0. The molecule has 33 heavy (non-hydrogen) atoms. The number of halogens is 3. The van der Waals surface area contributed by atoms with Crippen LogP contribution in [0.1, 0.15) is 26.0 Å². The third-order valence-electron chi connectivity index (χ3n) is 4.78. The highest BCUT2D eigenvalue weighted by atomic mass is 19.4. The van der Waals surface area contributed by atoms with Crippen LogP contribution < -0.4 is 21.9 Å². The van der Waals surface area contributed by atoms with Crippen LogP contribution in [0.4, 0.5) is 13.2 Å². The van der Waals surface area contributed by atoms with Crippen molar-refractivity contribution in [3.05, 3.63) is 52.2 Å². The van der Waals surface area contributed by atoms with Crippen LogP contribution in [-0.2, 0) is 17.5 Å². The van der Waals surface area contributed by atoms with Crippen molar-refractivity contribution < 1.29 is 18.0 Å². The molecule has 0 unspecified atom stereocenters. The first-order chi connectivity index (χ1) is 15.4. The van der Waals surface area contributed by atoms with Crippen molar-refractivity contribution in [1.82, 2.24) is 25.4 Å². The highest BCUT2D eigenvalue weighted by Crippen LogP contribution is 2.31. The fourth-order valence-electron chi connectivity index (χ4n) is 3.24. The lowest BCUT2D eigenvalue weighted by atomic mass is 10.0. The number of nitrogens with one attached hydrogen (secondary N) is 3. The highest BCUT2D eigenvalue weighted by Gasteiger charge is 2.36. The molecule has 0 aromatic carbocycles. The van der Waals surface area contributed by atoms with Crippen LogP contribution in [0.5, 0.6) is 0 Å². The molecule has 12 heteroatoms. The Morgan fingerprint density at radius 3 is 2.64 bits per heavy atom. The minimum absolute atomic E-state index is 0.0100. The number of aliphatic imine (C=N–C) groups is 1. The summed E-state index contributed by atoms with van der Waals surface area (Å²) in [7, 11) is 3.19. The summed E-state index contributed by atoms with van der Waals surface area (Å²) in [6.45, 7) is 3.18. The van der Waals surface area contributed by atoms with Crippen molar-refractivity contribution in [2.45, 2.75) is 44.6 Å². The number of rotatable bonds is 9. The maximum absolute atomic E-state index is 13.3. The van der Waals surface area contributed by atoms with Gasteiger partial charge in [-0.25, -0.2) is 0 Å². The highest BCUT2D eigenvalue weighted by molar-refractivity contribution is 5.85. The van der Waals surface area contributed by atoms with Crippen LogP contribution >= 0.6 is 0 Å². The van der Waals surface area contributed by atoms with E-state index in [1.54, 1.807) is 27.9 Å². The number of hydrogen-bond acceptors (Lipinski definition) is 6. The van der Waals surface area contributed by atoms with Gasteiger partial charge in [-0.05, 0) is 57.3 Å². The van der Waals surface area contributed by atoms with E-state index in [4.69, 9.17) is 5.73 Å². The largest absolute Gasteiger partial charge is 0.435 e. The van der Waals surface area contributed by atoms with Crippen LogP contribution in [0.3, 0.4) is 0 Å². The fraction of sp³-hybridized carbons (Fsp3) is 0.429. The third kappa shape index (κ3) is 6.78. The van der Waals surface area contributed by atoms with Crippen LogP contribution in [0.15, 0.2) is 46.0 Å². The topological polar surface area (TPSA) is 130 Å². The number of pyridine rings is 1. The summed E-state index contributed by atoms with van der Waals surface area (Å²) in [4.78, 5) is 31.4. The fourth-order valence-corrected chi connectivity index (χ4v) is 3.24. The molecule has 5 N–H and O–H groups in total. The van der Waals surface area contributed by atoms with Gasteiger partial charge in [0.05, 0.1) is 29.4 Å². The van der Waals surface area contributed by atoms with E-state index in [2.05, 4.69) is 25.7 Å². The molecule has 0 spiro atoms. The number of aromatic nitrogens is 3. The molecule has 1 atom stereocenters. The molecular weight excluding hydrogens is 439 g/mol. The normalized spacial score (nSPS) is 14.0. The summed E-state index contributed by atoms with van der Waals surface area (Å²) < 4.78 is 41.1. The first-order valence-corrected chi connectivity index (χ1v) is 10.1. The van der Waals surface area contributed by atoms with E-state index in [0.29, 0.717) is 5.57 Å². The Bertz CT molecular complexity index is 1080. The molecule has 2 aromatic heterocycles. The Hall–Kier alpha value is -3.41. The molecule has 0 fully saturated rings. The average molecular weight is 467 g/mol. The Labute approximate surface area is 189 Å². The minimum Gasteiger partial charge on any atom is -0.404 e. The molecule has 0 saturated carbocycles. The smallest absolute Gasteiger partial charge is 0.404 e. The molecule has 0 radical (unpaired) electrons. The summed E-state index contributed by atoms with van der Waals surface area (Å²) in [6, 6.07) is 3.08. The van der Waals surface area contributed by atoms with Gasteiger partial charge in [-0.3, -0.25) is 19.3 Å². The lowest BCUT2D eigenvalue weighted by Crippen LogP contribution is -2.53. The van der Waals surface area contributed by atoms with Gasteiger partial charge >= 0.3 is 6.18 Å². The monoisotopic (exact) mass is 467 g/mol. The van der Waals surface area contributed by atoms with E-state index in [1.807, 2.05) is 0 Å². The van der Waals surface area contributed by atoms with Crippen molar-refractivity contribution in [1.29, 1.82) is 0 Å². The second-order valence-corrected chi connectivity index (χ2v) is 8.03. The van der Waals surface area contributed by atoms with E-state index >= 15 is 0 Å². The number of likely N-dealkylation sites (N-methyl/N-ethyl adjacent to an activating group) is 1. The molecule has 180 valence electrons. The SMILES string of the molecule is CN=C/C(=C\N)C[C@@H](NC)C(=O)NC(C)(C)Cn1nc(C(F)(F)F)cc1-c1ccc[nH]c1=O. The maximum Gasteiger partial charge on any atom is 0.435 e. The van der Waals surface area contributed by atoms with E-state index in [0.717, 1.165) is 10.7 Å². The van der Waals surface area contributed by atoms with Gasteiger partial charge in [-0.1, -0.05) is 0 Å². The molecule has 0 aliphatic carbocycles. The van der Waals surface area contributed by atoms with Gasteiger partial charge in [-0.15, -0.1) is 0 Å². The molecule has 2 heterocycles. The van der Waals surface area contributed by atoms with E-state index in [1.165, 1.54) is 30.7 Å². The molecule has 9 nitrogen and oxygen atoms in total. The molecule has 2 rings (SSSR count). The molecule has 0 saturated heterocycles. The first-order valence-electron chi connectivity index (χ1n) is 10.1. The lowest BCUT2D eigenvalue weighted by molar-refractivity contribution is -0.141. The third-order valence-corrected chi connectivity index (χ3v) is 4.78. The summed E-state index contributed by atoms with van der Waals surface area (Å²) in [5.74, 6) is -0.381. The summed E-state index contributed by atoms with van der Waals surface area (Å²) in [6.07, 6.45) is -0.169. The number of H-pyrrole nitrogens is 1. The Morgan fingerprint density at radius 1 is 1.39 bits per heavy atom. The number of nitrogens with two attached hydrogens (primary N) is 1. The van der Waals surface area contributed by atoms with Gasteiger partial charge in [0.25, 0.3) is 5.56 Å². The number of amides is 1. The zero-order valence-corrected chi connectivity index (χ0v) is 18.8. The van der Waals surface area contributed by atoms with Crippen molar-refractivity contribution in [3.8, 4) is 11.3 Å². The van der Waals surface area contributed by atoms with Crippen LogP contribution in [0.2, 0.25) is 0 Å². The Kier molecular flexibility index (Phi) is 8.20. The Morgan fingerprint density at radius 2 is 2.09 bits per heavy atom. The van der Waals surface area contributed by atoms with Gasteiger partial charge < -0.3 is 21.4 Å². The Balaban J connectivity index is 2.33. The van der Waals surface area contributed by atoms with Crippen molar-refractivity contribution in [2.24, 2.45) is 10.7 Å².